The Morgan fingerprint density at radius 2 is 1.45 bits per heavy atom. The Kier molecular flexibility index (Phi) is 6.83. The fourth-order valence-corrected chi connectivity index (χ4v) is 2.54. The van der Waals surface area contributed by atoms with Crippen LogP contribution in [0.25, 0.3) is 0 Å². The van der Waals surface area contributed by atoms with Crippen molar-refractivity contribution < 1.29 is 23.2 Å². The normalized spacial score (nSPS) is 10.3. The number of carbonyl (C=O) groups excluding carboxylic acids is 3. The zero-order valence-corrected chi connectivity index (χ0v) is 15.6. The minimum atomic E-state index is -0.324. The molecule has 0 unspecified atom stereocenters. The molecule has 0 bridgehead atoms. The van der Waals surface area contributed by atoms with Crippen molar-refractivity contribution in [2.45, 2.75) is 19.4 Å². The van der Waals surface area contributed by atoms with Gasteiger partial charge in [0, 0.05) is 25.2 Å². The third-order valence-corrected chi connectivity index (χ3v) is 4.06. The highest BCUT2D eigenvalue weighted by atomic mass is 16.3. The van der Waals surface area contributed by atoms with Gasteiger partial charge < -0.3 is 24.8 Å². The van der Waals surface area contributed by atoms with Crippen LogP contribution in [0.3, 0.4) is 0 Å². The lowest BCUT2D eigenvalue weighted by atomic mass is 10.2. The molecular formula is C21H21N3O5. The molecule has 3 N–H and O–H groups in total. The van der Waals surface area contributed by atoms with Crippen molar-refractivity contribution in [1.82, 2.24) is 10.6 Å². The molecule has 1 aromatic carbocycles. The van der Waals surface area contributed by atoms with Gasteiger partial charge >= 0.3 is 0 Å². The lowest BCUT2D eigenvalue weighted by Crippen LogP contribution is -2.27. The molecule has 150 valence electrons. The first kappa shape index (κ1) is 19.9. The van der Waals surface area contributed by atoms with Crippen LogP contribution in [0.15, 0.2) is 69.9 Å². The molecule has 8 nitrogen and oxygen atoms in total. The Hall–Kier alpha value is -3.81. The Balaban J connectivity index is 1.33. The first-order valence-electron chi connectivity index (χ1n) is 9.14. The predicted molar refractivity (Wildman–Crippen MR) is 105 cm³/mol. The van der Waals surface area contributed by atoms with Crippen LogP contribution < -0.4 is 16.0 Å². The van der Waals surface area contributed by atoms with E-state index in [4.69, 9.17) is 8.83 Å². The molecule has 0 fully saturated rings. The number of hydrogen-bond donors (Lipinski definition) is 3. The van der Waals surface area contributed by atoms with Crippen LogP contribution in [0.1, 0.15) is 39.5 Å². The molecule has 0 aliphatic rings. The van der Waals surface area contributed by atoms with Crippen molar-refractivity contribution in [1.29, 1.82) is 0 Å². The van der Waals surface area contributed by atoms with E-state index in [9.17, 15) is 14.4 Å². The average Bonchev–Trinajstić information content (AvgIpc) is 3.45. The van der Waals surface area contributed by atoms with Gasteiger partial charge in [0.1, 0.15) is 0 Å². The van der Waals surface area contributed by atoms with Crippen molar-refractivity contribution in [3.8, 4) is 0 Å². The second kappa shape index (κ2) is 9.93. The zero-order chi connectivity index (χ0) is 20.5. The lowest BCUT2D eigenvalue weighted by molar-refractivity contribution is -0.121. The summed E-state index contributed by atoms with van der Waals surface area (Å²) in [5.41, 5.74) is 1.54. The summed E-state index contributed by atoms with van der Waals surface area (Å²) < 4.78 is 10.0. The Labute approximate surface area is 167 Å². The summed E-state index contributed by atoms with van der Waals surface area (Å²) in [4.78, 5) is 35.5. The second-order valence-corrected chi connectivity index (χ2v) is 6.24. The quantitative estimate of drug-likeness (QED) is 0.482. The van der Waals surface area contributed by atoms with E-state index in [0.717, 1.165) is 5.56 Å². The standard InChI is InChI=1S/C21H21N3O5/c25-19(6-1-11-22-20(26)17-4-2-12-28-17)23-14-15-7-9-16(10-8-15)24-21(27)18-5-3-13-29-18/h2-5,7-10,12-13H,1,6,11,14H2,(H,22,26)(H,23,25)(H,24,27). The highest BCUT2D eigenvalue weighted by molar-refractivity contribution is 6.02. The molecule has 8 heteroatoms. The highest BCUT2D eigenvalue weighted by Gasteiger charge is 2.09. The van der Waals surface area contributed by atoms with E-state index in [1.807, 2.05) is 12.1 Å². The first-order valence-corrected chi connectivity index (χ1v) is 9.14. The lowest BCUT2D eigenvalue weighted by Gasteiger charge is -2.08. The molecule has 0 spiro atoms. The van der Waals surface area contributed by atoms with E-state index in [2.05, 4.69) is 16.0 Å². The van der Waals surface area contributed by atoms with E-state index >= 15 is 0 Å². The van der Waals surface area contributed by atoms with Crippen molar-refractivity contribution in [2.75, 3.05) is 11.9 Å². The molecule has 0 saturated heterocycles. The summed E-state index contributed by atoms with van der Waals surface area (Å²) in [6, 6.07) is 13.6. The maximum atomic E-state index is 11.9. The van der Waals surface area contributed by atoms with Gasteiger partial charge in [-0.2, -0.15) is 0 Å². The molecule has 3 rings (SSSR count). The van der Waals surface area contributed by atoms with Crippen molar-refractivity contribution >= 4 is 23.4 Å². The van der Waals surface area contributed by atoms with Crippen LogP contribution in [0.5, 0.6) is 0 Å². The van der Waals surface area contributed by atoms with Gasteiger partial charge in [-0.3, -0.25) is 14.4 Å². The number of anilines is 1. The molecule has 3 amide bonds. The molecule has 0 aliphatic heterocycles. The first-order chi connectivity index (χ1) is 14.1. The van der Waals surface area contributed by atoms with Crippen molar-refractivity contribution in [2.24, 2.45) is 0 Å². The molecule has 2 heterocycles. The summed E-state index contributed by atoms with van der Waals surface area (Å²) in [6.07, 6.45) is 3.70. The number of hydrogen-bond acceptors (Lipinski definition) is 5. The molecule has 0 saturated carbocycles. The monoisotopic (exact) mass is 395 g/mol. The number of nitrogens with one attached hydrogen (secondary N) is 3. The van der Waals surface area contributed by atoms with Gasteiger partial charge in [0.2, 0.25) is 5.91 Å². The number of carbonyl (C=O) groups is 3. The molecule has 3 aromatic rings. The maximum absolute atomic E-state index is 11.9. The van der Waals surface area contributed by atoms with Crippen molar-refractivity contribution in [3.63, 3.8) is 0 Å². The van der Waals surface area contributed by atoms with E-state index in [-0.39, 0.29) is 29.2 Å². The maximum Gasteiger partial charge on any atom is 0.291 e. The largest absolute Gasteiger partial charge is 0.459 e. The number of amides is 3. The summed E-state index contributed by atoms with van der Waals surface area (Å²) in [5.74, 6) is -0.239. The van der Waals surface area contributed by atoms with Gasteiger partial charge in [0.15, 0.2) is 11.5 Å². The molecule has 0 atom stereocenters. The fraction of sp³-hybridized carbons (Fsp3) is 0.190. The van der Waals surface area contributed by atoms with E-state index in [1.54, 1.807) is 36.4 Å². The van der Waals surface area contributed by atoms with Gasteiger partial charge in [-0.25, -0.2) is 0 Å². The number of furan rings is 2. The van der Waals surface area contributed by atoms with Gasteiger partial charge in [-0.05, 0) is 48.4 Å². The zero-order valence-electron chi connectivity index (χ0n) is 15.6. The smallest absolute Gasteiger partial charge is 0.291 e. The van der Waals surface area contributed by atoms with Crippen LogP contribution in [0.2, 0.25) is 0 Å². The van der Waals surface area contributed by atoms with E-state index in [0.29, 0.717) is 31.6 Å². The minimum absolute atomic E-state index is 0.104. The van der Waals surface area contributed by atoms with Crippen LogP contribution >= 0.6 is 0 Å². The summed E-state index contributed by atoms with van der Waals surface area (Å²) in [6.45, 7) is 0.765. The third-order valence-electron chi connectivity index (χ3n) is 4.06. The van der Waals surface area contributed by atoms with Gasteiger partial charge in [-0.1, -0.05) is 12.1 Å². The Morgan fingerprint density at radius 3 is 2.07 bits per heavy atom. The number of benzene rings is 1. The molecule has 0 aliphatic carbocycles. The molecular weight excluding hydrogens is 374 g/mol. The van der Waals surface area contributed by atoms with Gasteiger partial charge in [0.05, 0.1) is 12.5 Å². The number of rotatable bonds is 9. The second-order valence-electron chi connectivity index (χ2n) is 6.24. The van der Waals surface area contributed by atoms with Crippen LogP contribution in [-0.4, -0.2) is 24.3 Å². The molecule has 2 aromatic heterocycles. The van der Waals surface area contributed by atoms with Crippen LogP contribution in [-0.2, 0) is 11.3 Å². The summed E-state index contributed by atoms with van der Waals surface area (Å²) in [5, 5.41) is 8.25. The predicted octanol–water partition coefficient (Wildman–Crippen LogP) is 2.95. The summed E-state index contributed by atoms with van der Waals surface area (Å²) in [7, 11) is 0. The Morgan fingerprint density at radius 1 is 0.793 bits per heavy atom. The minimum Gasteiger partial charge on any atom is -0.459 e. The van der Waals surface area contributed by atoms with Gasteiger partial charge in [-0.15, -0.1) is 0 Å². The van der Waals surface area contributed by atoms with E-state index in [1.165, 1.54) is 12.5 Å². The van der Waals surface area contributed by atoms with Crippen LogP contribution in [0.4, 0.5) is 5.69 Å². The third kappa shape index (κ3) is 6.10. The van der Waals surface area contributed by atoms with E-state index < -0.39 is 0 Å². The van der Waals surface area contributed by atoms with Crippen molar-refractivity contribution in [3.05, 3.63) is 78.1 Å². The SMILES string of the molecule is O=C(CCCNC(=O)c1ccco1)NCc1ccc(NC(=O)c2ccco2)cc1. The van der Waals surface area contributed by atoms with Crippen LogP contribution in [0, 0.1) is 0 Å². The molecule has 29 heavy (non-hydrogen) atoms. The highest BCUT2D eigenvalue weighted by Crippen LogP contribution is 2.12. The molecule has 0 radical (unpaired) electrons. The summed E-state index contributed by atoms with van der Waals surface area (Å²) >= 11 is 0. The fourth-order valence-electron chi connectivity index (χ4n) is 2.54. The average molecular weight is 395 g/mol. The Bertz CT molecular complexity index is 931. The van der Waals surface area contributed by atoms with Gasteiger partial charge in [0.25, 0.3) is 11.8 Å². The topological polar surface area (TPSA) is 114 Å².